The summed E-state index contributed by atoms with van der Waals surface area (Å²) in [4.78, 5) is 12.1. The number of halogens is 6. The zero-order valence-electron chi connectivity index (χ0n) is 25.7. The molecule has 4 aromatic rings. The van der Waals surface area contributed by atoms with Crippen molar-refractivity contribution in [3.63, 3.8) is 0 Å². The standard InChI is InChI=1S/C34H34F6N4O3/c1-2-21-24(36)6-5-18-11-20(45)12-22(26(18)21)27-25(37)13-23-29(28(27)38)41-32(47-17-33-7-3-10-44(33)15-19(35)14-33)42-30(23)43-9-4-8-34(46,16-43)31(39)40/h5-6,11-13,19,31,45-46H,2-4,7-10,14-17H2,1H3/t19-,33+,34-/m1/s1. The Kier molecular flexibility index (Phi) is 7.90. The maximum absolute atomic E-state index is 16.8. The topological polar surface area (TPSA) is 82.0 Å². The van der Waals surface area contributed by atoms with Crippen LogP contribution in [0.1, 0.15) is 44.6 Å². The van der Waals surface area contributed by atoms with E-state index >= 15 is 8.78 Å². The summed E-state index contributed by atoms with van der Waals surface area (Å²) >= 11 is 0. The van der Waals surface area contributed by atoms with Crippen molar-refractivity contribution in [1.82, 2.24) is 14.9 Å². The van der Waals surface area contributed by atoms with Gasteiger partial charge in [-0.15, -0.1) is 0 Å². The van der Waals surface area contributed by atoms with Crippen molar-refractivity contribution in [2.45, 2.75) is 69.2 Å². The molecule has 3 aliphatic rings. The van der Waals surface area contributed by atoms with E-state index in [4.69, 9.17) is 4.74 Å². The fraction of sp³-hybridized carbons (Fsp3) is 0.471. The van der Waals surface area contributed by atoms with Gasteiger partial charge in [0.1, 0.15) is 47.1 Å². The Bertz CT molecular complexity index is 1880. The molecule has 3 aromatic carbocycles. The van der Waals surface area contributed by atoms with Crippen molar-refractivity contribution in [2.24, 2.45) is 0 Å². The molecule has 0 spiro atoms. The molecule has 1 aromatic heterocycles. The van der Waals surface area contributed by atoms with Crippen molar-refractivity contribution >= 4 is 27.5 Å². The molecule has 3 aliphatic heterocycles. The first-order valence-electron chi connectivity index (χ1n) is 15.8. The van der Waals surface area contributed by atoms with Gasteiger partial charge < -0.3 is 19.8 Å². The van der Waals surface area contributed by atoms with Crippen LogP contribution in [0.5, 0.6) is 11.8 Å². The number of phenols is 1. The average Bonchev–Trinajstić information content (AvgIpc) is 3.55. The van der Waals surface area contributed by atoms with Gasteiger partial charge in [-0.1, -0.05) is 13.0 Å². The lowest BCUT2D eigenvalue weighted by Gasteiger charge is -2.39. The third-order valence-electron chi connectivity index (χ3n) is 10.1. The summed E-state index contributed by atoms with van der Waals surface area (Å²) in [7, 11) is 0. The minimum Gasteiger partial charge on any atom is -0.508 e. The van der Waals surface area contributed by atoms with Gasteiger partial charge in [0.2, 0.25) is 0 Å². The van der Waals surface area contributed by atoms with E-state index in [9.17, 15) is 27.8 Å². The fourth-order valence-electron chi connectivity index (χ4n) is 7.83. The Hall–Kier alpha value is -3.84. The number of aromatic hydroxyl groups is 1. The van der Waals surface area contributed by atoms with Crippen molar-refractivity contribution in [1.29, 1.82) is 0 Å². The third kappa shape index (κ3) is 5.31. The number of nitrogens with zero attached hydrogens (tertiary/aromatic N) is 4. The molecule has 7 nitrogen and oxygen atoms in total. The van der Waals surface area contributed by atoms with Crippen LogP contribution in [0.4, 0.5) is 32.2 Å². The molecule has 0 aliphatic carbocycles. The second-order valence-corrected chi connectivity index (χ2v) is 13.0. The predicted octanol–water partition coefficient (Wildman–Crippen LogP) is 6.69. The van der Waals surface area contributed by atoms with Crippen LogP contribution >= 0.6 is 0 Å². The van der Waals surface area contributed by atoms with E-state index < -0.39 is 58.8 Å². The number of anilines is 1. The van der Waals surface area contributed by atoms with Crippen LogP contribution in [0, 0.1) is 17.5 Å². The highest BCUT2D eigenvalue weighted by Gasteiger charge is 2.49. The molecule has 3 saturated heterocycles. The molecule has 0 amide bonds. The summed E-state index contributed by atoms with van der Waals surface area (Å²) in [6, 6.07) is 5.82. The van der Waals surface area contributed by atoms with Crippen LogP contribution in [0.3, 0.4) is 0 Å². The van der Waals surface area contributed by atoms with E-state index in [1.807, 2.05) is 4.90 Å². The summed E-state index contributed by atoms with van der Waals surface area (Å²) in [6.45, 7) is 2.25. The molecule has 2 N–H and O–H groups in total. The van der Waals surface area contributed by atoms with Crippen molar-refractivity contribution in [3.05, 3.63) is 53.3 Å². The summed E-state index contributed by atoms with van der Waals surface area (Å²) in [6.07, 6.45) is -2.18. The molecule has 4 heterocycles. The van der Waals surface area contributed by atoms with Crippen molar-refractivity contribution in [2.75, 3.05) is 37.7 Å². The highest BCUT2D eigenvalue weighted by atomic mass is 19.3. The Morgan fingerprint density at radius 1 is 1.04 bits per heavy atom. The molecule has 3 fully saturated rings. The normalized spacial score (nSPS) is 25.0. The molecule has 7 rings (SSSR count). The van der Waals surface area contributed by atoms with E-state index in [2.05, 4.69) is 9.97 Å². The van der Waals surface area contributed by atoms with Crippen molar-refractivity contribution in [3.8, 4) is 22.9 Å². The number of phenolic OH excluding ortho intramolecular Hbond substituents is 1. The average molecular weight is 661 g/mol. The number of hydrogen-bond acceptors (Lipinski definition) is 7. The van der Waals surface area contributed by atoms with Gasteiger partial charge in [0, 0.05) is 24.9 Å². The number of rotatable bonds is 7. The number of ether oxygens (including phenoxy) is 1. The number of alkyl halides is 3. The largest absolute Gasteiger partial charge is 0.508 e. The van der Waals surface area contributed by atoms with Crippen LogP contribution in [0.15, 0.2) is 30.3 Å². The number of aliphatic hydroxyl groups is 1. The molecule has 47 heavy (non-hydrogen) atoms. The number of aromatic nitrogens is 2. The summed E-state index contributed by atoms with van der Waals surface area (Å²) in [5.74, 6) is -3.21. The highest BCUT2D eigenvalue weighted by molar-refractivity contribution is 6.03. The molecule has 0 unspecified atom stereocenters. The molecule has 0 saturated carbocycles. The minimum atomic E-state index is -3.08. The Labute approximate surface area is 266 Å². The van der Waals surface area contributed by atoms with E-state index in [1.54, 1.807) is 6.92 Å². The maximum atomic E-state index is 16.8. The van der Waals surface area contributed by atoms with Gasteiger partial charge in [0.25, 0.3) is 6.43 Å². The first-order valence-corrected chi connectivity index (χ1v) is 15.8. The third-order valence-corrected chi connectivity index (χ3v) is 10.1. The first-order chi connectivity index (χ1) is 22.4. The van der Waals surface area contributed by atoms with Crippen LogP contribution in [0.2, 0.25) is 0 Å². The van der Waals surface area contributed by atoms with Crippen molar-refractivity contribution < 1.29 is 41.3 Å². The van der Waals surface area contributed by atoms with Gasteiger partial charge in [-0.2, -0.15) is 9.97 Å². The van der Waals surface area contributed by atoms with Crippen LogP contribution in [-0.2, 0) is 6.42 Å². The predicted molar refractivity (Wildman–Crippen MR) is 164 cm³/mol. The molecule has 250 valence electrons. The number of benzene rings is 3. The van der Waals surface area contributed by atoms with Gasteiger partial charge in [0.05, 0.1) is 17.6 Å². The maximum Gasteiger partial charge on any atom is 0.319 e. The summed E-state index contributed by atoms with van der Waals surface area (Å²) in [5.41, 5.74) is -3.85. The minimum absolute atomic E-state index is 0.00859. The molecule has 13 heteroatoms. The number of β-amino-alcohol motifs (C(OH)–C–C–N with tert-alkyl or cyclic N) is 1. The lowest BCUT2D eigenvalue weighted by Crippen LogP contribution is -2.53. The smallest absolute Gasteiger partial charge is 0.319 e. The highest BCUT2D eigenvalue weighted by Crippen LogP contribution is 2.44. The molecule has 3 atom stereocenters. The lowest BCUT2D eigenvalue weighted by atomic mass is 9.91. The Balaban J connectivity index is 1.41. The lowest BCUT2D eigenvalue weighted by molar-refractivity contribution is -0.102. The van der Waals surface area contributed by atoms with Gasteiger partial charge in [-0.3, -0.25) is 4.90 Å². The SMILES string of the molecule is CCc1c(F)ccc2cc(O)cc(-c3c(F)cc4c(N5CCC[C@](O)(C(F)F)C5)nc(OC[C@@]56CCCN5C[C@H](F)C6)nc4c3F)c12. The molecular formula is C34H34F6N4O3. The van der Waals surface area contributed by atoms with Crippen LogP contribution in [0.25, 0.3) is 32.8 Å². The summed E-state index contributed by atoms with van der Waals surface area (Å²) < 4.78 is 96.3. The number of fused-ring (bicyclic) bond motifs is 3. The van der Waals surface area contributed by atoms with Crippen LogP contribution in [-0.4, -0.2) is 81.6 Å². The quantitative estimate of drug-likeness (QED) is 0.214. The number of aryl methyl sites for hydroxylation is 1. The zero-order valence-corrected chi connectivity index (χ0v) is 25.7. The van der Waals surface area contributed by atoms with E-state index in [0.717, 1.165) is 18.6 Å². The first kappa shape index (κ1) is 31.7. The van der Waals surface area contributed by atoms with E-state index in [0.29, 0.717) is 18.4 Å². The molecule has 0 bridgehead atoms. The monoisotopic (exact) mass is 660 g/mol. The van der Waals surface area contributed by atoms with E-state index in [1.165, 1.54) is 23.1 Å². The fourth-order valence-corrected chi connectivity index (χ4v) is 7.83. The van der Waals surface area contributed by atoms with Gasteiger partial charge in [-0.05, 0) is 84.8 Å². The number of hydrogen-bond donors (Lipinski definition) is 2. The van der Waals surface area contributed by atoms with Gasteiger partial charge >= 0.3 is 6.01 Å². The Morgan fingerprint density at radius 3 is 2.60 bits per heavy atom. The van der Waals surface area contributed by atoms with Gasteiger partial charge in [-0.25, -0.2) is 26.3 Å². The van der Waals surface area contributed by atoms with Gasteiger partial charge in [0.15, 0.2) is 5.82 Å². The molecular weight excluding hydrogens is 626 g/mol. The summed E-state index contributed by atoms with van der Waals surface area (Å²) in [5, 5.41) is 21.6. The zero-order chi connectivity index (χ0) is 33.2. The second-order valence-electron chi connectivity index (χ2n) is 13.0. The van der Waals surface area contributed by atoms with Crippen LogP contribution < -0.4 is 9.64 Å². The molecule has 0 radical (unpaired) electrons. The Morgan fingerprint density at radius 2 is 1.83 bits per heavy atom. The van der Waals surface area contributed by atoms with E-state index in [-0.39, 0.29) is 84.9 Å². The second kappa shape index (κ2) is 11.7. The number of piperidine rings is 1.